The first-order chi connectivity index (χ1) is 11.7. The lowest BCUT2D eigenvalue weighted by Crippen LogP contribution is -2.39. The Balaban J connectivity index is 1.39. The van der Waals surface area contributed by atoms with E-state index in [1.807, 2.05) is 18.3 Å². The standard InChI is InChI=1S/C17H22N4O2S/c1-12-10-21-16(24-12)6-8-20-17(18-2)19-7-5-13-3-4-14-15(9-13)23-11-22-14/h3-4,9-10H,5-8,11H2,1-2H3,(H2,18,19,20). The number of nitrogens with zero attached hydrogens (tertiary/aromatic N) is 2. The van der Waals surface area contributed by atoms with Gasteiger partial charge in [0.05, 0.1) is 5.01 Å². The van der Waals surface area contributed by atoms with Crippen LogP contribution in [0.3, 0.4) is 0 Å². The Kier molecular flexibility index (Phi) is 5.53. The van der Waals surface area contributed by atoms with Crippen molar-refractivity contribution in [3.63, 3.8) is 0 Å². The van der Waals surface area contributed by atoms with Crippen molar-refractivity contribution >= 4 is 17.3 Å². The maximum absolute atomic E-state index is 5.40. The summed E-state index contributed by atoms with van der Waals surface area (Å²) in [6, 6.07) is 6.06. The van der Waals surface area contributed by atoms with Crippen molar-refractivity contribution in [3.8, 4) is 11.5 Å². The second-order valence-corrected chi connectivity index (χ2v) is 6.80. The van der Waals surface area contributed by atoms with Crippen molar-refractivity contribution in [2.75, 3.05) is 26.9 Å². The van der Waals surface area contributed by atoms with Crippen molar-refractivity contribution in [1.29, 1.82) is 0 Å². The van der Waals surface area contributed by atoms with E-state index in [2.05, 4.69) is 33.6 Å². The van der Waals surface area contributed by atoms with E-state index in [-0.39, 0.29) is 0 Å². The number of thiazole rings is 1. The second kappa shape index (κ2) is 8.01. The molecule has 0 bridgehead atoms. The minimum atomic E-state index is 0.312. The molecule has 24 heavy (non-hydrogen) atoms. The van der Waals surface area contributed by atoms with Crippen molar-refractivity contribution in [2.45, 2.75) is 19.8 Å². The fourth-order valence-corrected chi connectivity index (χ4v) is 3.23. The van der Waals surface area contributed by atoms with Crippen LogP contribution >= 0.6 is 11.3 Å². The number of hydrogen-bond acceptors (Lipinski definition) is 5. The zero-order chi connectivity index (χ0) is 16.8. The van der Waals surface area contributed by atoms with Crippen molar-refractivity contribution in [1.82, 2.24) is 15.6 Å². The van der Waals surface area contributed by atoms with Crippen LogP contribution in [0.2, 0.25) is 0 Å². The second-order valence-electron chi connectivity index (χ2n) is 5.48. The van der Waals surface area contributed by atoms with Gasteiger partial charge in [0.1, 0.15) is 0 Å². The topological polar surface area (TPSA) is 67.8 Å². The van der Waals surface area contributed by atoms with Crippen LogP contribution in [0.4, 0.5) is 0 Å². The lowest BCUT2D eigenvalue weighted by atomic mass is 10.1. The molecule has 1 aromatic heterocycles. The van der Waals surface area contributed by atoms with Crippen molar-refractivity contribution in [3.05, 3.63) is 39.8 Å². The molecule has 0 radical (unpaired) electrons. The van der Waals surface area contributed by atoms with Gasteiger partial charge in [-0.25, -0.2) is 4.98 Å². The minimum Gasteiger partial charge on any atom is -0.454 e. The maximum Gasteiger partial charge on any atom is 0.231 e. The molecule has 1 aliphatic rings. The van der Waals surface area contributed by atoms with E-state index in [0.29, 0.717) is 6.79 Å². The molecule has 2 heterocycles. The van der Waals surface area contributed by atoms with Crippen LogP contribution in [-0.4, -0.2) is 37.9 Å². The van der Waals surface area contributed by atoms with Gasteiger partial charge in [0.15, 0.2) is 17.5 Å². The van der Waals surface area contributed by atoms with E-state index in [4.69, 9.17) is 9.47 Å². The third-order valence-corrected chi connectivity index (χ3v) is 4.64. The number of nitrogens with one attached hydrogen (secondary N) is 2. The zero-order valence-corrected chi connectivity index (χ0v) is 14.8. The number of hydrogen-bond donors (Lipinski definition) is 2. The quantitative estimate of drug-likeness (QED) is 0.619. The Morgan fingerprint density at radius 1 is 1.21 bits per heavy atom. The van der Waals surface area contributed by atoms with Crippen LogP contribution in [0, 0.1) is 6.92 Å². The highest BCUT2D eigenvalue weighted by Crippen LogP contribution is 2.32. The molecule has 3 rings (SSSR count). The van der Waals surface area contributed by atoms with Gasteiger partial charge in [-0.3, -0.25) is 4.99 Å². The van der Waals surface area contributed by atoms with E-state index in [1.54, 1.807) is 18.4 Å². The Morgan fingerprint density at radius 3 is 2.75 bits per heavy atom. The number of aliphatic imine (C=N–C) groups is 1. The molecule has 6 nitrogen and oxygen atoms in total. The molecule has 0 atom stereocenters. The summed E-state index contributed by atoms with van der Waals surface area (Å²) in [7, 11) is 1.78. The molecule has 2 N–H and O–H groups in total. The molecule has 0 spiro atoms. The number of benzene rings is 1. The highest BCUT2D eigenvalue weighted by atomic mass is 32.1. The van der Waals surface area contributed by atoms with Gasteiger partial charge in [-0.05, 0) is 31.0 Å². The molecule has 2 aromatic rings. The molecule has 0 saturated carbocycles. The average molecular weight is 346 g/mol. The Bertz CT molecular complexity index is 714. The molecule has 0 saturated heterocycles. The predicted octanol–water partition coefficient (Wildman–Crippen LogP) is 2.13. The Labute approximate surface area is 145 Å². The number of aryl methyl sites for hydroxylation is 1. The summed E-state index contributed by atoms with van der Waals surface area (Å²) in [4.78, 5) is 9.86. The highest BCUT2D eigenvalue weighted by Gasteiger charge is 2.12. The summed E-state index contributed by atoms with van der Waals surface area (Å²) >= 11 is 1.74. The maximum atomic E-state index is 5.40. The van der Waals surface area contributed by atoms with E-state index < -0.39 is 0 Å². The molecule has 0 amide bonds. The number of ether oxygens (including phenoxy) is 2. The van der Waals surface area contributed by atoms with Crippen LogP contribution in [0.1, 0.15) is 15.4 Å². The summed E-state index contributed by atoms with van der Waals surface area (Å²) in [5, 5.41) is 7.79. The fraction of sp³-hybridized carbons (Fsp3) is 0.412. The molecule has 1 aliphatic heterocycles. The third-order valence-electron chi connectivity index (χ3n) is 3.67. The lowest BCUT2D eigenvalue weighted by Gasteiger charge is -2.11. The molecule has 7 heteroatoms. The minimum absolute atomic E-state index is 0.312. The van der Waals surface area contributed by atoms with Crippen LogP contribution in [-0.2, 0) is 12.8 Å². The van der Waals surface area contributed by atoms with Crippen molar-refractivity contribution in [2.24, 2.45) is 4.99 Å². The molecule has 1 aromatic carbocycles. The first kappa shape index (κ1) is 16.6. The van der Waals surface area contributed by atoms with Gasteiger partial charge < -0.3 is 20.1 Å². The summed E-state index contributed by atoms with van der Waals surface area (Å²) in [5.41, 5.74) is 1.21. The zero-order valence-electron chi connectivity index (χ0n) is 14.0. The van der Waals surface area contributed by atoms with Gasteiger partial charge >= 0.3 is 0 Å². The molecule has 0 unspecified atom stereocenters. The van der Waals surface area contributed by atoms with Gasteiger partial charge in [-0.15, -0.1) is 11.3 Å². The van der Waals surface area contributed by atoms with Crippen LogP contribution in [0.15, 0.2) is 29.4 Å². The molecule has 0 fully saturated rings. The number of guanidine groups is 1. The van der Waals surface area contributed by atoms with E-state index in [0.717, 1.165) is 48.4 Å². The first-order valence-electron chi connectivity index (χ1n) is 7.99. The van der Waals surface area contributed by atoms with E-state index in [1.165, 1.54) is 10.4 Å². The number of fused-ring (bicyclic) bond motifs is 1. The van der Waals surface area contributed by atoms with Gasteiger partial charge in [0.25, 0.3) is 0 Å². The Morgan fingerprint density at radius 2 is 2.00 bits per heavy atom. The lowest BCUT2D eigenvalue weighted by molar-refractivity contribution is 0.174. The van der Waals surface area contributed by atoms with Crippen LogP contribution < -0.4 is 20.1 Å². The van der Waals surface area contributed by atoms with Crippen molar-refractivity contribution < 1.29 is 9.47 Å². The van der Waals surface area contributed by atoms with Crippen LogP contribution in [0.5, 0.6) is 11.5 Å². The number of rotatable bonds is 6. The Hall–Kier alpha value is -2.28. The average Bonchev–Trinajstić information content (AvgIpc) is 3.21. The summed E-state index contributed by atoms with van der Waals surface area (Å²) in [6.45, 7) is 4.00. The van der Waals surface area contributed by atoms with Gasteiger partial charge in [0.2, 0.25) is 6.79 Å². The van der Waals surface area contributed by atoms with E-state index in [9.17, 15) is 0 Å². The summed E-state index contributed by atoms with van der Waals surface area (Å²) in [6.07, 6.45) is 3.71. The van der Waals surface area contributed by atoms with Crippen LogP contribution in [0.25, 0.3) is 0 Å². The third kappa shape index (κ3) is 4.38. The fourth-order valence-electron chi connectivity index (χ4n) is 2.45. The number of aromatic nitrogens is 1. The predicted molar refractivity (Wildman–Crippen MR) is 96.2 cm³/mol. The van der Waals surface area contributed by atoms with E-state index >= 15 is 0 Å². The highest BCUT2D eigenvalue weighted by molar-refractivity contribution is 7.11. The SMILES string of the molecule is CN=C(NCCc1ccc2c(c1)OCO2)NCCc1ncc(C)s1. The molecular weight excluding hydrogens is 324 g/mol. The van der Waals surface area contributed by atoms with Gasteiger partial charge in [0, 0.05) is 37.6 Å². The van der Waals surface area contributed by atoms with Gasteiger partial charge in [-0.1, -0.05) is 6.07 Å². The normalized spacial score (nSPS) is 13.2. The summed E-state index contributed by atoms with van der Waals surface area (Å²) in [5.74, 6) is 2.46. The smallest absolute Gasteiger partial charge is 0.231 e. The molecule has 128 valence electrons. The molecule has 0 aliphatic carbocycles. The van der Waals surface area contributed by atoms with Gasteiger partial charge in [-0.2, -0.15) is 0 Å². The monoisotopic (exact) mass is 346 g/mol. The summed E-state index contributed by atoms with van der Waals surface area (Å²) < 4.78 is 10.7. The molecular formula is C17H22N4O2S. The largest absolute Gasteiger partial charge is 0.454 e. The first-order valence-corrected chi connectivity index (χ1v) is 8.80.